The van der Waals surface area contributed by atoms with Gasteiger partial charge in [-0.05, 0) is 36.2 Å². The second kappa shape index (κ2) is 9.89. The number of para-hydroxylation sites is 1. The van der Waals surface area contributed by atoms with Crippen molar-refractivity contribution in [3.8, 4) is 5.75 Å². The lowest BCUT2D eigenvalue weighted by Gasteiger charge is -2.29. The molecule has 2 aliphatic heterocycles. The van der Waals surface area contributed by atoms with E-state index in [9.17, 15) is 14.7 Å². The van der Waals surface area contributed by atoms with E-state index >= 15 is 0 Å². The summed E-state index contributed by atoms with van der Waals surface area (Å²) < 4.78 is 16.6. The standard InChI is InChI=1S/C26H27N3O6/c1-33-19-5-2-4-18-16-20(35-25(18)19)23(30)21-22(17-6-8-27-9-7-17)29(26(32)24(21)31)11-3-10-28-12-14-34-15-13-28/h2,4-9,16,22,31H,3,10-15H2,1H3. The zero-order valence-corrected chi connectivity index (χ0v) is 19.5. The number of ether oxygens (including phenoxy) is 2. The summed E-state index contributed by atoms with van der Waals surface area (Å²) in [6.45, 7) is 4.29. The molecule has 2 aromatic heterocycles. The van der Waals surface area contributed by atoms with E-state index in [4.69, 9.17) is 13.9 Å². The highest BCUT2D eigenvalue weighted by Crippen LogP contribution is 2.40. The predicted octanol–water partition coefficient (Wildman–Crippen LogP) is 3.14. The second-order valence-electron chi connectivity index (χ2n) is 8.57. The third-order valence-electron chi connectivity index (χ3n) is 6.50. The molecule has 1 atom stereocenters. The molecule has 1 N–H and O–H groups in total. The normalized spacial score (nSPS) is 19.1. The third kappa shape index (κ3) is 4.40. The molecule has 1 amide bonds. The van der Waals surface area contributed by atoms with Gasteiger partial charge in [0.15, 0.2) is 22.9 Å². The van der Waals surface area contributed by atoms with Gasteiger partial charge in [0.25, 0.3) is 5.91 Å². The number of morpholine rings is 1. The Morgan fingerprint density at radius 1 is 1.17 bits per heavy atom. The number of hydrogen-bond acceptors (Lipinski definition) is 8. The molecule has 1 fully saturated rings. The lowest BCUT2D eigenvalue weighted by Crippen LogP contribution is -2.39. The molecule has 9 heteroatoms. The summed E-state index contributed by atoms with van der Waals surface area (Å²) >= 11 is 0. The fraction of sp³-hybridized carbons (Fsp3) is 0.346. The lowest BCUT2D eigenvalue weighted by molar-refractivity contribution is -0.129. The highest BCUT2D eigenvalue weighted by Gasteiger charge is 2.44. The van der Waals surface area contributed by atoms with E-state index in [-0.39, 0.29) is 11.3 Å². The maximum Gasteiger partial charge on any atom is 0.290 e. The number of rotatable bonds is 8. The van der Waals surface area contributed by atoms with Gasteiger partial charge in [-0.3, -0.25) is 19.5 Å². The minimum absolute atomic E-state index is 0.00518. The minimum Gasteiger partial charge on any atom is -0.503 e. The number of aromatic nitrogens is 1. The van der Waals surface area contributed by atoms with Crippen LogP contribution >= 0.6 is 0 Å². The van der Waals surface area contributed by atoms with E-state index in [0.29, 0.717) is 48.5 Å². The van der Waals surface area contributed by atoms with Gasteiger partial charge in [0.05, 0.1) is 31.9 Å². The number of methoxy groups -OCH3 is 1. The van der Waals surface area contributed by atoms with Crippen LogP contribution in [0.1, 0.15) is 28.6 Å². The van der Waals surface area contributed by atoms with Crippen LogP contribution in [0.5, 0.6) is 5.75 Å². The zero-order valence-electron chi connectivity index (χ0n) is 19.5. The van der Waals surface area contributed by atoms with Crippen LogP contribution in [-0.4, -0.2) is 78.1 Å². The Morgan fingerprint density at radius 2 is 1.94 bits per heavy atom. The Bertz CT molecular complexity index is 1260. The fourth-order valence-electron chi connectivity index (χ4n) is 4.74. The third-order valence-corrected chi connectivity index (χ3v) is 6.50. The molecule has 35 heavy (non-hydrogen) atoms. The quantitative estimate of drug-likeness (QED) is 0.494. The van der Waals surface area contributed by atoms with Crippen LogP contribution in [0.2, 0.25) is 0 Å². The number of aliphatic hydroxyl groups is 1. The molecule has 0 radical (unpaired) electrons. The van der Waals surface area contributed by atoms with Crippen LogP contribution in [0.3, 0.4) is 0 Å². The molecule has 9 nitrogen and oxygen atoms in total. The average molecular weight is 478 g/mol. The zero-order chi connectivity index (χ0) is 24.4. The number of furan rings is 1. The van der Waals surface area contributed by atoms with Crippen LogP contribution < -0.4 is 4.74 Å². The van der Waals surface area contributed by atoms with Gasteiger partial charge >= 0.3 is 0 Å². The summed E-state index contributed by atoms with van der Waals surface area (Å²) in [6, 6.07) is 9.72. The molecule has 2 aliphatic rings. The number of benzene rings is 1. The summed E-state index contributed by atoms with van der Waals surface area (Å²) in [7, 11) is 1.52. The number of carbonyl (C=O) groups is 2. The van der Waals surface area contributed by atoms with Crippen LogP contribution in [0.25, 0.3) is 11.0 Å². The van der Waals surface area contributed by atoms with Gasteiger partial charge in [0, 0.05) is 44.0 Å². The van der Waals surface area contributed by atoms with Crippen molar-refractivity contribution in [3.63, 3.8) is 0 Å². The smallest absolute Gasteiger partial charge is 0.290 e. The number of aliphatic hydroxyl groups excluding tert-OH is 1. The van der Waals surface area contributed by atoms with Gasteiger partial charge in [-0.1, -0.05) is 12.1 Å². The van der Waals surface area contributed by atoms with Crippen LogP contribution in [0.4, 0.5) is 0 Å². The SMILES string of the molecule is COc1cccc2cc(C(=O)C3=C(O)C(=O)N(CCCN4CCOCC4)C3c3ccncc3)oc12. The number of nitrogens with zero attached hydrogens (tertiary/aromatic N) is 3. The molecule has 5 rings (SSSR count). The molecule has 4 heterocycles. The molecule has 1 aromatic carbocycles. The van der Waals surface area contributed by atoms with Crippen LogP contribution in [0, 0.1) is 0 Å². The Balaban J connectivity index is 1.45. The van der Waals surface area contributed by atoms with Crippen molar-refractivity contribution < 1.29 is 28.6 Å². The molecule has 0 saturated carbocycles. The first kappa shape index (κ1) is 23.1. The largest absolute Gasteiger partial charge is 0.503 e. The monoisotopic (exact) mass is 477 g/mol. The van der Waals surface area contributed by atoms with Gasteiger partial charge in [-0.15, -0.1) is 0 Å². The summed E-state index contributed by atoms with van der Waals surface area (Å²) in [6.07, 6.45) is 3.91. The first-order valence-electron chi connectivity index (χ1n) is 11.6. The summed E-state index contributed by atoms with van der Waals surface area (Å²) in [5.74, 6) is -1.11. The number of pyridine rings is 1. The van der Waals surface area contributed by atoms with Gasteiger partial charge in [0.1, 0.15) is 0 Å². The van der Waals surface area contributed by atoms with Crippen molar-refractivity contribution >= 4 is 22.7 Å². The van der Waals surface area contributed by atoms with Crippen molar-refractivity contribution in [1.29, 1.82) is 0 Å². The number of fused-ring (bicyclic) bond motifs is 1. The molecule has 0 spiro atoms. The fourth-order valence-corrected chi connectivity index (χ4v) is 4.74. The van der Waals surface area contributed by atoms with Crippen molar-refractivity contribution in [2.45, 2.75) is 12.5 Å². The molecule has 1 saturated heterocycles. The number of Topliss-reactive ketones (excluding diaryl/α,β-unsaturated/α-hetero) is 1. The van der Waals surface area contributed by atoms with E-state index in [1.165, 1.54) is 7.11 Å². The van der Waals surface area contributed by atoms with Gasteiger partial charge in [0.2, 0.25) is 5.78 Å². The molecule has 1 unspecified atom stereocenters. The maximum absolute atomic E-state index is 13.7. The maximum atomic E-state index is 13.7. The second-order valence-corrected chi connectivity index (χ2v) is 8.57. The first-order chi connectivity index (χ1) is 17.1. The number of hydrogen-bond donors (Lipinski definition) is 1. The van der Waals surface area contributed by atoms with E-state index in [1.54, 1.807) is 47.6 Å². The topological polar surface area (TPSA) is 105 Å². The van der Waals surface area contributed by atoms with Crippen molar-refractivity contribution in [2.24, 2.45) is 0 Å². The molecular formula is C26H27N3O6. The van der Waals surface area contributed by atoms with Crippen molar-refractivity contribution in [3.05, 3.63) is 71.4 Å². The molecule has 3 aromatic rings. The predicted molar refractivity (Wildman–Crippen MR) is 127 cm³/mol. The average Bonchev–Trinajstić information content (AvgIpc) is 3.44. The van der Waals surface area contributed by atoms with E-state index < -0.39 is 23.5 Å². The molecule has 0 bridgehead atoms. The van der Waals surface area contributed by atoms with Gasteiger partial charge in [-0.25, -0.2) is 0 Å². The number of amides is 1. The highest BCUT2D eigenvalue weighted by molar-refractivity contribution is 6.16. The highest BCUT2D eigenvalue weighted by atomic mass is 16.5. The number of carbonyl (C=O) groups excluding carboxylic acids is 2. The van der Waals surface area contributed by atoms with Gasteiger partial charge in [-0.2, -0.15) is 0 Å². The Hall–Kier alpha value is -3.69. The Kier molecular flexibility index (Phi) is 6.52. The first-order valence-corrected chi connectivity index (χ1v) is 11.6. The van der Waals surface area contributed by atoms with E-state index in [1.807, 2.05) is 6.07 Å². The summed E-state index contributed by atoms with van der Waals surface area (Å²) in [4.78, 5) is 34.7. The number of ketones is 1. The van der Waals surface area contributed by atoms with Gasteiger partial charge < -0.3 is 23.9 Å². The van der Waals surface area contributed by atoms with E-state index in [0.717, 1.165) is 19.6 Å². The van der Waals surface area contributed by atoms with Crippen LogP contribution in [-0.2, 0) is 9.53 Å². The lowest BCUT2D eigenvalue weighted by atomic mass is 9.95. The molecular weight excluding hydrogens is 450 g/mol. The summed E-state index contributed by atoms with van der Waals surface area (Å²) in [5, 5.41) is 11.6. The minimum atomic E-state index is -0.738. The Labute approximate surface area is 202 Å². The molecule has 182 valence electrons. The van der Waals surface area contributed by atoms with E-state index in [2.05, 4.69) is 9.88 Å². The van der Waals surface area contributed by atoms with Crippen LogP contribution in [0.15, 0.2) is 64.5 Å². The summed E-state index contributed by atoms with van der Waals surface area (Å²) in [5.41, 5.74) is 1.14. The van der Waals surface area contributed by atoms with Crippen molar-refractivity contribution in [2.75, 3.05) is 46.5 Å². The molecule has 0 aliphatic carbocycles. The van der Waals surface area contributed by atoms with Crippen molar-refractivity contribution in [1.82, 2.24) is 14.8 Å². The Morgan fingerprint density at radius 3 is 2.69 bits per heavy atom.